The normalized spacial score (nSPS) is 10.8. The topological polar surface area (TPSA) is 56.3 Å². The van der Waals surface area contributed by atoms with Crippen LogP contribution in [0.4, 0.5) is 11.5 Å². The van der Waals surface area contributed by atoms with Gasteiger partial charge in [0, 0.05) is 16.5 Å². The second-order valence-electron chi connectivity index (χ2n) is 5.99. The van der Waals surface area contributed by atoms with Crippen molar-refractivity contribution in [3.63, 3.8) is 0 Å². The first-order valence-corrected chi connectivity index (χ1v) is 9.31. The van der Waals surface area contributed by atoms with Crippen LogP contribution in [-0.2, 0) is 0 Å². The minimum absolute atomic E-state index is 0.689. The van der Waals surface area contributed by atoms with E-state index >= 15 is 0 Å². The molecule has 0 bridgehead atoms. The fourth-order valence-electron chi connectivity index (χ4n) is 3.12. The SMILES string of the molecule is COc1ccc(Nc2ncnc3sc(C)c(-c4ccccc4)c23)c(OC)c1. The van der Waals surface area contributed by atoms with Gasteiger partial charge in [0.05, 0.1) is 25.3 Å². The van der Waals surface area contributed by atoms with Crippen molar-refractivity contribution < 1.29 is 9.47 Å². The lowest BCUT2D eigenvalue weighted by atomic mass is 10.0. The molecule has 0 unspecified atom stereocenters. The van der Waals surface area contributed by atoms with Gasteiger partial charge in [-0.1, -0.05) is 30.3 Å². The Hall–Kier alpha value is -3.12. The summed E-state index contributed by atoms with van der Waals surface area (Å²) in [6.45, 7) is 2.12. The average molecular weight is 377 g/mol. The van der Waals surface area contributed by atoms with Crippen molar-refractivity contribution in [1.82, 2.24) is 9.97 Å². The van der Waals surface area contributed by atoms with Crippen LogP contribution in [0.3, 0.4) is 0 Å². The number of aryl methyl sites for hydroxylation is 1. The Morgan fingerprint density at radius 1 is 0.963 bits per heavy atom. The molecule has 4 rings (SSSR count). The van der Waals surface area contributed by atoms with Gasteiger partial charge in [0.2, 0.25) is 0 Å². The quantitative estimate of drug-likeness (QED) is 0.503. The second-order valence-corrected chi connectivity index (χ2v) is 7.20. The molecule has 0 radical (unpaired) electrons. The van der Waals surface area contributed by atoms with E-state index in [-0.39, 0.29) is 0 Å². The summed E-state index contributed by atoms with van der Waals surface area (Å²) in [5.74, 6) is 2.18. The number of rotatable bonds is 5. The molecule has 0 atom stereocenters. The Morgan fingerprint density at radius 3 is 2.52 bits per heavy atom. The summed E-state index contributed by atoms with van der Waals surface area (Å²) in [6.07, 6.45) is 1.59. The Balaban J connectivity index is 1.86. The molecular weight excluding hydrogens is 358 g/mol. The number of ether oxygens (including phenoxy) is 2. The number of thiophene rings is 1. The van der Waals surface area contributed by atoms with Crippen LogP contribution >= 0.6 is 11.3 Å². The highest BCUT2D eigenvalue weighted by atomic mass is 32.1. The maximum Gasteiger partial charge on any atom is 0.146 e. The summed E-state index contributed by atoms with van der Waals surface area (Å²) >= 11 is 1.67. The van der Waals surface area contributed by atoms with E-state index in [0.717, 1.165) is 38.6 Å². The molecule has 5 nitrogen and oxygen atoms in total. The number of hydrogen-bond donors (Lipinski definition) is 1. The van der Waals surface area contributed by atoms with Gasteiger partial charge in [-0.05, 0) is 24.6 Å². The highest BCUT2D eigenvalue weighted by molar-refractivity contribution is 7.19. The zero-order valence-electron chi connectivity index (χ0n) is 15.3. The maximum atomic E-state index is 5.51. The van der Waals surface area contributed by atoms with Crippen LogP contribution in [-0.4, -0.2) is 24.2 Å². The van der Waals surface area contributed by atoms with Gasteiger partial charge in [-0.3, -0.25) is 0 Å². The Bertz CT molecular complexity index is 1090. The summed E-state index contributed by atoms with van der Waals surface area (Å²) in [6, 6.07) is 16.0. The minimum Gasteiger partial charge on any atom is -0.497 e. The molecule has 0 spiro atoms. The molecule has 27 heavy (non-hydrogen) atoms. The fourth-order valence-corrected chi connectivity index (χ4v) is 4.13. The number of aromatic nitrogens is 2. The van der Waals surface area contributed by atoms with Gasteiger partial charge >= 0.3 is 0 Å². The number of benzene rings is 2. The summed E-state index contributed by atoms with van der Waals surface area (Å²) in [5.41, 5.74) is 3.13. The van der Waals surface area contributed by atoms with Crippen molar-refractivity contribution in [3.8, 4) is 22.6 Å². The second kappa shape index (κ2) is 7.25. The average Bonchev–Trinajstić information content (AvgIpc) is 3.05. The third-order valence-electron chi connectivity index (χ3n) is 4.39. The predicted molar refractivity (Wildman–Crippen MR) is 110 cm³/mol. The van der Waals surface area contributed by atoms with Gasteiger partial charge in [0.15, 0.2) is 0 Å². The van der Waals surface area contributed by atoms with Gasteiger partial charge in [0.25, 0.3) is 0 Å². The van der Waals surface area contributed by atoms with Crippen LogP contribution in [0.25, 0.3) is 21.3 Å². The molecule has 4 aromatic rings. The Kier molecular flexibility index (Phi) is 4.64. The lowest BCUT2D eigenvalue weighted by Crippen LogP contribution is -1.98. The summed E-state index contributed by atoms with van der Waals surface area (Å²) in [7, 11) is 3.27. The van der Waals surface area contributed by atoms with Crippen LogP contribution < -0.4 is 14.8 Å². The van der Waals surface area contributed by atoms with E-state index in [0.29, 0.717) is 5.75 Å². The van der Waals surface area contributed by atoms with Crippen LogP contribution in [0.15, 0.2) is 54.9 Å². The lowest BCUT2D eigenvalue weighted by Gasteiger charge is -2.13. The molecule has 1 N–H and O–H groups in total. The maximum absolute atomic E-state index is 5.51. The number of nitrogens with zero attached hydrogens (tertiary/aromatic N) is 2. The molecule has 2 aromatic heterocycles. The monoisotopic (exact) mass is 377 g/mol. The number of fused-ring (bicyclic) bond motifs is 1. The molecule has 0 fully saturated rings. The van der Waals surface area contributed by atoms with E-state index in [1.165, 1.54) is 4.88 Å². The van der Waals surface area contributed by atoms with Crippen molar-refractivity contribution >= 4 is 33.1 Å². The van der Waals surface area contributed by atoms with Crippen molar-refractivity contribution in [2.75, 3.05) is 19.5 Å². The third kappa shape index (κ3) is 3.19. The van der Waals surface area contributed by atoms with Gasteiger partial charge in [-0.2, -0.15) is 0 Å². The molecule has 6 heteroatoms. The zero-order valence-corrected chi connectivity index (χ0v) is 16.1. The van der Waals surface area contributed by atoms with E-state index in [2.05, 4.69) is 34.3 Å². The standard InChI is InChI=1S/C21H19N3O2S/c1-13-18(14-7-5-4-6-8-14)19-20(22-12-23-21(19)27-13)24-16-10-9-15(25-2)11-17(16)26-3/h4-12H,1-3H3,(H,22,23,24). The van der Waals surface area contributed by atoms with Gasteiger partial charge in [-0.25, -0.2) is 9.97 Å². The van der Waals surface area contributed by atoms with E-state index in [9.17, 15) is 0 Å². The van der Waals surface area contributed by atoms with Crippen LogP contribution in [0.2, 0.25) is 0 Å². The molecule has 2 aromatic carbocycles. The first-order valence-electron chi connectivity index (χ1n) is 8.50. The van der Waals surface area contributed by atoms with Gasteiger partial charge in [-0.15, -0.1) is 11.3 Å². The number of nitrogens with one attached hydrogen (secondary N) is 1. The van der Waals surface area contributed by atoms with Crippen LogP contribution in [0.5, 0.6) is 11.5 Å². The molecular formula is C21H19N3O2S. The lowest BCUT2D eigenvalue weighted by molar-refractivity contribution is 0.395. The minimum atomic E-state index is 0.689. The zero-order chi connectivity index (χ0) is 18.8. The molecule has 136 valence electrons. The Morgan fingerprint density at radius 2 is 1.78 bits per heavy atom. The van der Waals surface area contributed by atoms with E-state index in [1.54, 1.807) is 31.9 Å². The summed E-state index contributed by atoms with van der Waals surface area (Å²) in [5, 5.41) is 4.43. The van der Waals surface area contributed by atoms with Crippen LogP contribution in [0, 0.1) is 6.92 Å². The predicted octanol–water partition coefficient (Wildman–Crippen LogP) is 5.43. The van der Waals surface area contributed by atoms with E-state index in [1.807, 2.05) is 36.4 Å². The Labute approximate surface area is 161 Å². The smallest absolute Gasteiger partial charge is 0.146 e. The molecule has 0 aliphatic rings. The number of anilines is 2. The highest BCUT2D eigenvalue weighted by Crippen LogP contribution is 2.42. The van der Waals surface area contributed by atoms with E-state index < -0.39 is 0 Å². The molecule has 0 saturated heterocycles. The fraction of sp³-hybridized carbons (Fsp3) is 0.143. The van der Waals surface area contributed by atoms with Crippen molar-refractivity contribution in [3.05, 3.63) is 59.7 Å². The highest BCUT2D eigenvalue weighted by Gasteiger charge is 2.17. The van der Waals surface area contributed by atoms with Crippen molar-refractivity contribution in [1.29, 1.82) is 0 Å². The van der Waals surface area contributed by atoms with E-state index in [4.69, 9.17) is 9.47 Å². The number of methoxy groups -OCH3 is 2. The molecule has 0 amide bonds. The van der Waals surface area contributed by atoms with Crippen molar-refractivity contribution in [2.45, 2.75) is 6.92 Å². The number of hydrogen-bond acceptors (Lipinski definition) is 6. The first kappa shape index (κ1) is 17.3. The van der Waals surface area contributed by atoms with Gasteiger partial charge in [0.1, 0.15) is 28.5 Å². The largest absolute Gasteiger partial charge is 0.497 e. The molecule has 0 aliphatic heterocycles. The molecule has 2 heterocycles. The summed E-state index contributed by atoms with van der Waals surface area (Å²) in [4.78, 5) is 11.2. The summed E-state index contributed by atoms with van der Waals surface area (Å²) < 4.78 is 10.8. The molecule has 0 aliphatic carbocycles. The molecule has 0 saturated carbocycles. The van der Waals surface area contributed by atoms with Gasteiger partial charge < -0.3 is 14.8 Å². The van der Waals surface area contributed by atoms with Crippen LogP contribution in [0.1, 0.15) is 4.88 Å². The first-order chi connectivity index (χ1) is 13.2. The third-order valence-corrected chi connectivity index (χ3v) is 5.40. The van der Waals surface area contributed by atoms with Crippen molar-refractivity contribution in [2.24, 2.45) is 0 Å².